The third-order valence-corrected chi connectivity index (χ3v) is 4.24. The lowest BCUT2D eigenvalue weighted by atomic mass is 9.81. The predicted molar refractivity (Wildman–Crippen MR) is 65.5 cm³/mol. The number of nitrogens with one attached hydrogen (secondary N) is 1. The Morgan fingerprint density at radius 1 is 1.28 bits per heavy atom. The van der Waals surface area contributed by atoms with Crippen molar-refractivity contribution in [1.29, 1.82) is 0 Å². The summed E-state index contributed by atoms with van der Waals surface area (Å²) in [4.78, 5) is 36.9. The molecule has 0 aromatic rings. The molecule has 100 valence electrons. The normalized spacial score (nSPS) is 24.2. The van der Waals surface area contributed by atoms with Crippen molar-refractivity contribution >= 4 is 17.8 Å². The van der Waals surface area contributed by atoms with E-state index >= 15 is 0 Å². The van der Waals surface area contributed by atoms with Crippen LogP contribution in [0.5, 0.6) is 0 Å². The van der Waals surface area contributed by atoms with Gasteiger partial charge in [0.1, 0.15) is 5.41 Å². The Morgan fingerprint density at radius 2 is 1.83 bits per heavy atom. The van der Waals surface area contributed by atoms with Gasteiger partial charge in [-0.15, -0.1) is 0 Å². The van der Waals surface area contributed by atoms with E-state index in [1.165, 1.54) is 4.90 Å². The van der Waals surface area contributed by atoms with E-state index < -0.39 is 17.4 Å². The van der Waals surface area contributed by atoms with Crippen LogP contribution in [0.25, 0.3) is 0 Å². The van der Waals surface area contributed by atoms with E-state index in [2.05, 4.69) is 26.1 Å². The van der Waals surface area contributed by atoms with E-state index in [-0.39, 0.29) is 17.2 Å². The fraction of sp³-hybridized carbons (Fsp3) is 0.769. The number of carbonyl (C=O) groups excluding carboxylic acids is 3. The zero-order valence-corrected chi connectivity index (χ0v) is 11.4. The molecule has 18 heavy (non-hydrogen) atoms. The molecule has 1 saturated carbocycles. The van der Waals surface area contributed by atoms with E-state index in [9.17, 15) is 14.4 Å². The average molecular weight is 252 g/mol. The second-order valence-electron chi connectivity index (χ2n) is 6.52. The molecule has 5 nitrogen and oxygen atoms in total. The number of hydrogen-bond donors (Lipinski definition) is 1. The second-order valence-corrected chi connectivity index (χ2v) is 6.52. The van der Waals surface area contributed by atoms with Crippen molar-refractivity contribution in [2.45, 2.75) is 40.5 Å². The van der Waals surface area contributed by atoms with E-state index in [0.29, 0.717) is 19.4 Å². The minimum absolute atomic E-state index is 0.0126. The summed E-state index contributed by atoms with van der Waals surface area (Å²) in [5.41, 5.74) is -0.912. The first-order chi connectivity index (χ1) is 8.18. The van der Waals surface area contributed by atoms with Crippen LogP contribution in [0.3, 0.4) is 0 Å². The standard InChI is InChI=1S/C13H20N2O3/c1-8(12(2,3)4)7-15-10(17)13(5-6-13)9(16)14-11(15)18/h8H,5-7H2,1-4H3,(H,14,16,18). The van der Waals surface area contributed by atoms with Crippen LogP contribution in [-0.2, 0) is 9.59 Å². The number of urea groups is 1. The summed E-state index contributed by atoms with van der Waals surface area (Å²) in [6.45, 7) is 8.59. The van der Waals surface area contributed by atoms with Gasteiger partial charge in [0.25, 0.3) is 0 Å². The molecule has 2 rings (SSSR count). The molecule has 1 spiro atoms. The van der Waals surface area contributed by atoms with Gasteiger partial charge < -0.3 is 0 Å². The molecule has 1 aliphatic carbocycles. The molecule has 1 aliphatic heterocycles. The van der Waals surface area contributed by atoms with Gasteiger partial charge in [-0.1, -0.05) is 27.7 Å². The van der Waals surface area contributed by atoms with Gasteiger partial charge in [0.15, 0.2) is 0 Å². The largest absolute Gasteiger partial charge is 0.330 e. The number of hydrogen-bond acceptors (Lipinski definition) is 3. The number of carbonyl (C=O) groups is 3. The maximum absolute atomic E-state index is 12.2. The lowest BCUT2D eigenvalue weighted by molar-refractivity contribution is -0.145. The molecule has 1 unspecified atom stereocenters. The van der Waals surface area contributed by atoms with E-state index in [1.54, 1.807) is 0 Å². The molecule has 2 fully saturated rings. The van der Waals surface area contributed by atoms with Crippen LogP contribution in [0.4, 0.5) is 4.79 Å². The lowest BCUT2D eigenvalue weighted by Crippen LogP contribution is -2.60. The summed E-state index contributed by atoms with van der Waals surface area (Å²) in [5, 5.41) is 2.30. The van der Waals surface area contributed by atoms with Crippen LogP contribution < -0.4 is 5.32 Å². The van der Waals surface area contributed by atoms with Crippen LogP contribution in [-0.4, -0.2) is 29.3 Å². The number of nitrogens with zero attached hydrogens (tertiary/aromatic N) is 1. The summed E-state index contributed by atoms with van der Waals surface area (Å²) in [7, 11) is 0. The molecule has 0 aromatic heterocycles. The number of barbiturate groups is 1. The fourth-order valence-corrected chi connectivity index (χ4v) is 2.01. The van der Waals surface area contributed by atoms with Crippen LogP contribution >= 0.6 is 0 Å². The van der Waals surface area contributed by atoms with E-state index in [0.717, 1.165) is 0 Å². The molecule has 1 atom stereocenters. The van der Waals surface area contributed by atoms with Crippen molar-refractivity contribution in [2.75, 3.05) is 6.54 Å². The smallest absolute Gasteiger partial charge is 0.277 e. The Hall–Kier alpha value is -1.39. The predicted octanol–water partition coefficient (Wildman–Crippen LogP) is 1.53. The first kappa shape index (κ1) is 13.1. The lowest BCUT2D eigenvalue weighted by Gasteiger charge is -2.35. The van der Waals surface area contributed by atoms with Gasteiger partial charge >= 0.3 is 6.03 Å². The average Bonchev–Trinajstić information content (AvgIpc) is 3.02. The van der Waals surface area contributed by atoms with Crippen LogP contribution in [0.1, 0.15) is 40.5 Å². The van der Waals surface area contributed by atoms with Gasteiger partial charge in [0.05, 0.1) is 0 Å². The molecular formula is C13H20N2O3. The van der Waals surface area contributed by atoms with Gasteiger partial charge in [-0.05, 0) is 24.2 Å². The fourth-order valence-electron chi connectivity index (χ4n) is 2.01. The van der Waals surface area contributed by atoms with Gasteiger partial charge in [0.2, 0.25) is 11.8 Å². The third-order valence-electron chi connectivity index (χ3n) is 4.24. The topological polar surface area (TPSA) is 66.5 Å². The molecular weight excluding hydrogens is 232 g/mol. The summed E-state index contributed by atoms with van der Waals surface area (Å²) < 4.78 is 0. The highest BCUT2D eigenvalue weighted by Crippen LogP contribution is 2.49. The van der Waals surface area contributed by atoms with E-state index in [4.69, 9.17) is 0 Å². The Kier molecular flexibility index (Phi) is 2.76. The van der Waals surface area contributed by atoms with Gasteiger partial charge in [-0.3, -0.25) is 19.8 Å². The minimum atomic E-state index is -0.925. The molecule has 2 aliphatic rings. The number of amides is 4. The second kappa shape index (κ2) is 3.80. The van der Waals surface area contributed by atoms with Gasteiger partial charge in [-0.2, -0.15) is 0 Å². The third kappa shape index (κ3) is 1.91. The Balaban J connectivity index is 2.15. The molecule has 4 amide bonds. The van der Waals surface area contributed by atoms with Gasteiger partial charge in [0, 0.05) is 6.54 Å². The highest BCUT2D eigenvalue weighted by Gasteiger charge is 2.62. The SMILES string of the molecule is CC(CN1C(=O)NC(=O)C2(CC2)C1=O)C(C)(C)C. The first-order valence-electron chi connectivity index (χ1n) is 6.36. The van der Waals surface area contributed by atoms with Crippen molar-refractivity contribution in [1.82, 2.24) is 10.2 Å². The quantitative estimate of drug-likeness (QED) is 0.758. The van der Waals surface area contributed by atoms with E-state index in [1.807, 2.05) is 6.92 Å². The molecule has 1 N–H and O–H groups in total. The van der Waals surface area contributed by atoms with Crippen molar-refractivity contribution < 1.29 is 14.4 Å². The molecule has 0 radical (unpaired) electrons. The summed E-state index contributed by atoms with van der Waals surface area (Å²) in [6.07, 6.45) is 1.12. The number of imide groups is 2. The Morgan fingerprint density at radius 3 is 2.28 bits per heavy atom. The zero-order valence-electron chi connectivity index (χ0n) is 11.4. The summed E-state index contributed by atoms with van der Waals surface area (Å²) >= 11 is 0. The Bertz CT molecular complexity index is 418. The molecule has 0 bridgehead atoms. The maximum atomic E-state index is 12.2. The summed E-state index contributed by atoms with van der Waals surface area (Å²) in [6, 6.07) is -0.571. The first-order valence-corrected chi connectivity index (χ1v) is 6.36. The van der Waals surface area contributed by atoms with Crippen LogP contribution in [0, 0.1) is 16.7 Å². The van der Waals surface area contributed by atoms with Crippen molar-refractivity contribution in [3.63, 3.8) is 0 Å². The highest BCUT2D eigenvalue weighted by atomic mass is 16.2. The highest BCUT2D eigenvalue weighted by molar-refractivity contribution is 6.20. The van der Waals surface area contributed by atoms with Crippen molar-refractivity contribution in [3.8, 4) is 0 Å². The van der Waals surface area contributed by atoms with Crippen LogP contribution in [0.15, 0.2) is 0 Å². The monoisotopic (exact) mass is 252 g/mol. The molecule has 1 saturated heterocycles. The van der Waals surface area contributed by atoms with Crippen molar-refractivity contribution in [3.05, 3.63) is 0 Å². The molecule has 5 heteroatoms. The number of rotatable bonds is 2. The zero-order chi connectivity index (χ0) is 13.7. The van der Waals surface area contributed by atoms with Crippen molar-refractivity contribution in [2.24, 2.45) is 16.7 Å². The molecule has 1 heterocycles. The maximum Gasteiger partial charge on any atom is 0.330 e. The Labute approximate surface area is 107 Å². The van der Waals surface area contributed by atoms with Gasteiger partial charge in [-0.25, -0.2) is 4.79 Å². The van der Waals surface area contributed by atoms with Crippen LogP contribution in [0.2, 0.25) is 0 Å². The minimum Gasteiger partial charge on any atom is -0.277 e. The molecule has 0 aromatic carbocycles. The summed E-state index contributed by atoms with van der Waals surface area (Å²) in [5.74, 6) is -0.555.